The number of nitrogens with zero attached hydrogens (tertiary/aromatic N) is 3. The van der Waals surface area contributed by atoms with Crippen molar-refractivity contribution in [1.82, 2.24) is 14.5 Å². The molecule has 0 saturated carbocycles. The zero-order valence-corrected chi connectivity index (χ0v) is 7.96. The molecular weight excluding hydrogens is 162 g/mol. The lowest BCUT2D eigenvalue weighted by Gasteiger charge is -2.34. The molecule has 1 aromatic heterocycles. The van der Waals surface area contributed by atoms with E-state index in [0.717, 1.165) is 0 Å². The van der Waals surface area contributed by atoms with E-state index >= 15 is 0 Å². The van der Waals surface area contributed by atoms with Crippen molar-refractivity contribution >= 4 is 0 Å². The van der Waals surface area contributed by atoms with Gasteiger partial charge in [-0.1, -0.05) is 6.08 Å². The van der Waals surface area contributed by atoms with Crippen LogP contribution in [0.4, 0.5) is 0 Å². The van der Waals surface area contributed by atoms with E-state index < -0.39 is 0 Å². The number of allylic oxidation sites excluding steroid dienone is 2. The van der Waals surface area contributed by atoms with Gasteiger partial charge in [-0.05, 0) is 25.1 Å². The van der Waals surface area contributed by atoms with Gasteiger partial charge >= 0.3 is 0 Å². The molecule has 2 unspecified atom stereocenters. The molecular formula is C10H14N3+. The van der Waals surface area contributed by atoms with Gasteiger partial charge in [0.2, 0.25) is 0 Å². The summed E-state index contributed by atoms with van der Waals surface area (Å²) in [7, 11) is 2.14. The van der Waals surface area contributed by atoms with E-state index in [2.05, 4.69) is 43.5 Å². The van der Waals surface area contributed by atoms with E-state index in [1.165, 1.54) is 0 Å². The molecule has 2 rings (SSSR count). The van der Waals surface area contributed by atoms with Crippen LogP contribution in [-0.2, 0) is 0 Å². The average molecular weight is 176 g/mol. The van der Waals surface area contributed by atoms with Gasteiger partial charge in [-0.15, -0.1) is 9.89 Å². The molecule has 0 amide bonds. The first-order valence-corrected chi connectivity index (χ1v) is 4.46. The zero-order chi connectivity index (χ0) is 9.31. The summed E-state index contributed by atoms with van der Waals surface area (Å²) in [5.41, 5.74) is 0. The zero-order valence-electron chi connectivity index (χ0n) is 7.96. The average Bonchev–Trinajstić information content (AvgIpc) is 2.63. The summed E-state index contributed by atoms with van der Waals surface area (Å²) >= 11 is 0. The van der Waals surface area contributed by atoms with Crippen molar-refractivity contribution < 1.29 is 0 Å². The van der Waals surface area contributed by atoms with Crippen LogP contribution >= 0.6 is 0 Å². The number of likely N-dealkylation sites (N-methyl/N-ethyl adjacent to an activating group) is 1. The van der Waals surface area contributed by atoms with Gasteiger partial charge < -0.3 is 0 Å². The van der Waals surface area contributed by atoms with Crippen molar-refractivity contribution in [3.05, 3.63) is 42.9 Å². The van der Waals surface area contributed by atoms with Crippen molar-refractivity contribution in [3.8, 4) is 0 Å². The summed E-state index contributed by atoms with van der Waals surface area (Å²) in [6.45, 7) is 2.18. The number of hydrogen-bond acceptors (Lipinski definition) is 1. The SMILES string of the molecule is CC1C=CC=C[N+]1(C)n1cccn1. The molecule has 0 fully saturated rings. The molecule has 0 radical (unpaired) electrons. The fraction of sp³-hybridized carbons (Fsp3) is 0.300. The summed E-state index contributed by atoms with van der Waals surface area (Å²) in [6.07, 6.45) is 12.2. The molecule has 2 atom stereocenters. The molecule has 1 aliphatic heterocycles. The Bertz CT molecular complexity index is 337. The summed E-state index contributed by atoms with van der Waals surface area (Å²) in [5, 5.41) is 4.27. The van der Waals surface area contributed by atoms with Crippen LogP contribution in [-0.4, -0.2) is 23.0 Å². The second kappa shape index (κ2) is 2.85. The third kappa shape index (κ3) is 1.21. The van der Waals surface area contributed by atoms with Crippen molar-refractivity contribution in [1.29, 1.82) is 0 Å². The van der Waals surface area contributed by atoms with Crippen LogP contribution in [0, 0.1) is 0 Å². The molecule has 0 aliphatic carbocycles. The van der Waals surface area contributed by atoms with Crippen molar-refractivity contribution in [3.63, 3.8) is 0 Å². The van der Waals surface area contributed by atoms with Crippen molar-refractivity contribution in [2.24, 2.45) is 0 Å². The molecule has 3 nitrogen and oxygen atoms in total. The van der Waals surface area contributed by atoms with Crippen molar-refractivity contribution in [2.45, 2.75) is 13.0 Å². The van der Waals surface area contributed by atoms with E-state index in [1.54, 1.807) is 0 Å². The Morgan fingerprint density at radius 3 is 2.85 bits per heavy atom. The van der Waals surface area contributed by atoms with Crippen LogP contribution < -0.4 is 4.59 Å². The Balaban J connectivity index is 2.41. The number of hydrogen-bond donors (Lipinski definition) is 0. The lowest BCUT2D eigenvalue weighted by molar-refractivity contribution is 0.179. The first-order chi connectivity index (χ1) is 6.23. The highest BCUT2D eigenvalue weighted by molar-refractivity contribution is 5.18. The van der Waals surface area contributed by atoms with Crippen LogP contribution in [0.25, 0.3) is 0 Å². The van der Waals surface area contributed by atoms with Gasteiger partial charge in [0.15, 0.2) is 0 Å². The van der Waals surface area contributed by atoms with Gasteiger partial charge in [0.05, 0.1) is 19.4 Å². The van der Waals surface area contributed by atoms with Crippen LogP contribution in [0.5, 0.6) is 0 Å². The third-order valence-electron chi connectivity index (χ3n) is 2.65. The van der Waals surface area contributed by atoms with E-state index in [-0.39, 0.29) is 0 Å². The molecule has 3 heteroatoms. The molecule has 0 saturated heterocycles. The maximum absolute atomic E-state index is 4.27. The number of quaternary nitrogens is 1. The summed E-state index contributed by atoms with van der Waals surface area (Å²) < 4.78 is 0.684. The second-order valence-electron chi connectivity index (χ2n) is 3.49. The highest BCUT2D eigenvalue weighted by Gasteiger charge is 2.29. The Hall–Kier alpha value is -1.35. The smallest absolute Gasteiger partial charge is 0.133 e. The largest absolute Gasteiger partial charge is 0.171 e. The Kier molecular flexibility index (Phi) is 1.81. The standard InChI is InChI=1S/C10H14N3/c1-10-6-3-4-9-13(10,2)12-8-5-7-11-12/h3-10H,1-2H3/q+1. The Morgan fingerprint density at radius 2 is 2.23 bits per heavy atom. The molecule has 1 aliphatic rings. The fourth-order valence-electron chi connectivity index (χ4n) is 1.53. The first-order valence-electron chi connectivity index (χ1n) is 4.46. The minimum Gasteiger partial charge on any atom is -0.171 e. The fourth-order valence-corrected chi connectivity index (χ4v) is 1.53. The second-order valence-corrected chi connectivity index (χ2v) is 3.49. The summed E-state index contributed by atoms with van der Waals surface area (Å²) in [4.78, 5) is 1.95. The van der Waals surface area contributed by atoms with Gasteiger partial charge in [0, 0.05) is 0 Å². The Labute approximate surface area is 78.1 Å². The molecule has 0 bridgehead atoms. The van der Waals surface area contributed by atoms with Crippen LogP contribution in [0.2, 0.25) is 0 Å². The highest BCUT2D eigenvalue weighted by atomic mass is 15.8. The molecule has 68 valence electrons. The summed E-state index contributed by atoms with van der Waals surface area (Å²) in [5.74, 6) is 0. The van der Waals surface area contributed by atoms with E-state index in [0.29, 0.717) is 10.6 Å². The highest BCUT2D eigenvalue weighted by Crippen LogP contribution is 2.13. The lowest BCUT2D eigenvalue weighted by Crippen LogP contribution is -2.56. The van der Waals surface area contributed by atoms with Gasteiger partial charge in [-0.25, -0.2) is 0 Å². The third-order valence-corrected chi connectivity index (χ3v) is 2.65. The topological polar surface area (TPSA) is 17.8 Å². The van der Waals surface area contributed by atoms with E-state index in [1.807, 2.05) is 23.3 Å². The van der Waals surface area contributed by atoms with Gasteiger partial charge in [-0.3, -0.25) is 0 Å². The van der Waals surface area contributed by atoms with Gasteiger partial charge in [-0.2, -0.15) is 4.59 Å². The van der Waals surface area contributed by atoms with E-state index in [9.17, 15) is 0 Å². The van der Waals surface area contributed by atoms with Gasteiger partial charge in [0.1, 0.15) is 12.2 Å². The minimum absolute atomic E-state index is 0.421. The Morgan fingerprint density at radius 1 is 1.38 bits per heavy atom. The predicted octanol–water partition coefficient (Wildman–Crippen LogP) is 1.42. The van der Waals surface area contributed by atoms with Crippen LogP contribution in [0.15, 0.2) is 42.9 Å². The van der Waals surface area contributed by atoms with Crippen LogP contribution in [0.3, 0.4) is 0 Å². The first kappa shape index (κ1) is 8.26. The predicted molar refractivity (Wildman–Crippen MR) is 53.4 cm³/mol. The normalized spacial score (nSPS) is 32.3. The molecule has 0 aromatic carbocycles. The quantitative estimate of drug-likeness (QED) is 0.592. The summed E-state index contributed by atoms with van der Waals surface area (Å²) in [6, 6.07) is 2.37. The minimum atomic E-state index is 0.421. The van der Waals surface area contributed by atoms with Crippen LogP contribution in [0.1, 0.15) is 6.92 Å². The number of rotatable bonds is 1. The number of aromatic nitrogens is 2. The molecule has 2 heterocycles. The van der Waals surface area contributed by atoms with E-state index in [4.69, 9.17) is 0 Å². The lowest BCUT2D eigenvalue weighted by atomic mass is 10.2. The monoisotopic (exact) mass is 176 g/mol. The van der Waals surface area contributed by atoms with Crippen molar-refractivity contribution in [2.75, 3.05) is 7.05 Å². The maximum Gasteiger partial charge on any atom is 0.133 e. The molecule has 0 N–H and O–H groups in total. The van der Waals surface area contributed by atoms with Gasteiger partial charge in [0.25, 0.3) is 0 Å². The maximum atomic E-state index is 4.27. The molecule has 13 heavy (non-hydrogen) atoms. The molecule has 1 aromatic rings. The molecule has 0 spiro atoms.